The Bertz CT molecular complexity index is 398. The van der Waals surface area contributed by atoms with Crippen LogP contribution in [0.4, 0.5) is 5.82 Å². The van der Waals surface area contributed by atoms with Gasteiger partial charge in [-0.2, -0.15) is 0 Å². The molecular formula is C14H21N3O. The third-order valence-corrected chi connectivity index (χ3v) is 3.90. The second-order valence-electron chi connectivity index (χ2n) is 5.41. The summed E-state index contributed by atoms with van der Waals surface area (Å²) in [6.45, 7) is 5.77. The highest BCUT2D eigenvalue weighted by molar-refractivity contribution is 5.41. The summed E-state index contributed by atoms with van der Waals surface area (Å²) in [5.41, 5.74) is 0.945. The quantitative estimate of drug-likeness (QED) is 0.865. The van der Waals surface area contributed by atoms with Crippen molar-refractivity contribution in [2.75, 3.05) is 37.6 Å². The Morgan fingerprint density at radius 2 is 2.00 bits per heavy atom. The predicted octanol–water partition coefficient (Wildman–Crippen LogP) is 1.11. The third kappa shape index (κ3) is 2.82. The Morgan fingerprint density at radius 1 is 1.22 bits per heavy atom. The molecule has 1 saturated heterocycles. The summed E-state index contributed by atoms with van der Waals surface area (Å²) in [6.07, 6.45) is 4.65. The lowest BCUT2D eigenvalue weighted by atomic mass is 10.2. The average molecular weight is 247 g/mol. The number of aromatic nitrogens is 1. The molecule has 1 aromatic heterocycles. The maximum atomic E-state index is 9.15. The van der Waals surface area contributed by atoms with E-state index in [9.17, 15) is 0 Å². The molecule has 0 amide bonds. The van der Waals surface area contributed by atoms with Crippen LogP contribution in [-0.4, -0.2) is 47.7 Å². The van der Waals surface area contributed by atoms with Crippen LogP contribution in [0.3, 0.4) is 0 Å². The molecule has 0 atom stereocenters. The van der Waals surface area contributed by atoms with E-state index in [-0.39, 0.29) is 6.61 Å². The van der Waals surface area contributed by atoms with E-state index in [1.165, 1.54) is 19.4 Å². The largest absolute Gasteiger partial charge is 0.392 e. The molecule has 1 aliphatic carbocycles. The molecule has 4 heteroatoms. The SMILES string of the molecule is OCc1ccnc(N2CCN(CC3CC3)CC2)c1. The zero-order valence-electron chi connectivity index (χ0n) is 10.8. The van der Waals surface area contributed by atoms with Crippen LogP contribution in [-0.2, 0) is 6.61 Å². The average Bonchev–Trinajstić information content (AvgIpc) is 3.24. The van der Waals surface area contributed by atoms with E-state index in [1.807, 2.05) is 12.1 Å². The molecule has 2 aliphatic rings. The van der Waals surface area contributed by atoms with Gasteiger partial charge in [-0.25, -0.2) is 4.98 Å². The molecule has 0 aromatic carbocycles. The molecule has 2 fully saturated rings. The highest BCUT2D eigenvalue weighted by Crippen LogP contribution is 2.30. The molecule has 2 heterocycles. The highest BCUT2D eigenvalue weighted by atomic mass is 16.3. The predicted molar refractivity (Wildman–Crippen MR) is 71.5 cm³/mol. The van der Waals surface area contributed by atoms with Gasteiger partial charge < -0.3 is 10.0 Å². The van der Waals surface area contributed by atoms with Crippen molar-refractivity contribution in [1.29, 1.82) is 0 Å². The minimum atomic E-state index is 0.0944. The van der Waals surface area contributed by atoms with Gasteiger partial charge in [-0.05, 0) is 36.5 Å². The number of nitrogens with zero attached hydrogens (tertiary/aromatic N) is 3. The summed E-state index contributed by atoms with van der Waals surface area (Å²) < 4.78 is 0. The number of pyridine rings is 1. The molecule has 0 spiro atoms. The maximum absolute atomic E-state index is 9.15. The molecule has 1 aromatic rings. The van der Waals surface area contributed by atoms with Gasteiger partial charge in [-0.1, -0.05) is 0 Å². The first-order valence-electron chi connectivity index (χ1n) is 6.88. The number of aliphatic hydroxyl groups excluding tert-OH is 1. The third-order valence-electron chi connectivity index (χ3n) is 3.90. The van der Waals surface area contributed by atoms with Crippen molar-refractivity contribution in [2.45, 2.75) is 19.4 Å². The summed E-state index contributed by atoms with van der Waals surface area (Å²) in [4.78, 5) is 9.30. The van der Waals surface area contributed by atoms with Gasteiger partial charge in [0, 0.05) is 38.9 Å². The Kier molecular flexibility index (Phi) is 3.48. The van der Waals surface area contributed by atoms with Crippen LogP contribution < -0.4 is 4.90 Å². The number of anilines is 1. The van der Waals surface area contributed by atoms with Crippen LogP contribution in [0, 0.1) is 5.92 Å². The molecule has 1 N–H and O–H groups in total. The lowest BCUT2D eigenvalue weighted by Crippen LogP contribution is -2.47. The summed E-state index contributed by atoms with van der Waals surface area (Å²) in [5, 5.41) is 9.15. The fourth-order valence-corrected chi connectivity index (χ4v) is 2.56. The van der Waals surface area contributed by atoms with Gasteiger partial charge in [-0.3, -0.25) is 4.90 Å². The molecule has 4 nitrogen and oxygen atoms in total. The van der Waals surface area contributed by atoms with Gasteiger partial charge in [0.05, 0.1) is 6.61 Å². The summed E-state index contributed by atoms with van der Waals surface area (Å²) in [5.74, 6) is 1.99. The smallest absolute Gasteiger partial charge is 0.128 e. The van der Waals surface area contributed by atoms with Crippen molar-refractivity contribution in [3.63, 3.8) is 0 Å². The molecule has 18 heavy (non-hydrogen) atoms. The van der Waals surface area contributed by atoms with Gasteiger partial charge in [0.25, 0.3) is 0 Å². The molecule has 0 unspecified atom stereocenters. The highest BCUT2D eigenvalue weighted by Gasteiger charge is 2.26. The molecule has 0 radical (unpaired) electrons. The molecule has 98 valence electrons. The van der Waals surface area contributed by atoms with E-state index >= 15 is 0 Å². The Morgan fingerprint density at radius 3 is 2.67 bits per heavy atom. The van der Waals surface area contributed by atoms with E-state index in [0.717, 1.165) is 43.5 Å². The minimum absolute atomic E-state index is 0.0944. The summed E-state index contributed by atoms with van der Waals surface area (Å²) in [6, 6.07) is 3.86. The maximum Gasteiger partial charge on any atom is 0.128 e. The Labute approximate surface area is 108 Å². The minimum Gasteiger partial charge on any atom is -0.392 e. The monoisotopic (exact) mass is 247 g/mol. The zero-order valence-corrected chi connectivity index (χ0v) is 10.8. The van der Waals surface area contributed by atoms with Gasteiger partial charge in [0.15, 0.2) is 0 Å². The lowest BCUT2D eigenvalue weighted by Gasteiger charge is -2.35. The van der Waals surface area contributed by atoms with Crippen molar-refractivity contribution in [2.24, 2.45) is 5.92 Å². The molecule has 1 saturated carbocycles. The van der Waals surface area contributed by atoms with Crippen LogP contribution in [0.25, 0.3) is 0 Å². The number of hydrogen-bond acceptors (Lipinski definition) is 4. The number of rotatable bonds is 4. The van der Waals surface area contributed by atoms with Gasteiger partial charge in [0.1, 0.15) is 5.82 Å². The zero-order chi connectivity index (χ0) is 12.4. The molecule has 3 rings (SSSR count). The first-order valence-corrected chi connectivity index (χ1v) is 6.88. The van der Waals surface area contributed by atoms with Gasteiger partial charge >= 0.3 is 0 Å². The second-order valence-corrected chi connectivity index (χ2v) is 5.41. The van der Waals surface area contributed by atoms with E-state index in [4.69, 9.17) is 5.11 Å². The fraction of sp³-hybridized carbons (Fsp3) is 0.643. The molecule has 0 bridgehead atoms. The van der Waals surface area contributed by atoms with Crippen molar-refractivity contribution < 1.29 is 5.11 Å². The summed E-state index contributed by atoms with van der Waals surface area (Å²) in [7, 11) is 0. The first-order chi connectivity index (χ1) is 8.85. The van der Waals surface area contributed by atoms with Crippen LogP contribution in [0.2, 0.25) is 0 Å². The number of piperazine rings is 1. The van der Waals surface area contributed by atoms with Gasteiger partial charge in [-0.15, -0.1) is 0 Å². The van der Waals surface area contributed by atoms with Crippen LogP contribution in [0.5, 0.6) is 0 Å². The fourth-order valence-electron chi connectivity index (χ4n) is 2.56. The van der Waals surface area contributed by atoms with E-state index in [0.29, 0.717) is 0 Å². The lowest BCUT2D eigenvalue weighted by molar-refractivity contribution is 0.247. The topological polar surface area (TPSA) is 39.6 Å². The van der Waals surface area contributed by atoms with Crippen molar-refractivity contribution in [3.8, 4) is 0 Å². The number of aliphatic hydroxyl groups is 1. The van der Waals surface area contributed by atoms with Crippen molar-refractivity contribution in [1.82, 2.24) is 9.88 Å². The Balaban J connectivity index is 1.57. The first kappa shape index (κ1) is 11.9. The standard InChI is InChI=1S/C14H21N3O/c18-11-13-3-4-15-14(9-13)17-7-5-16(6-8-17)10-12-1-2-12/h3-4,9,12,18H,1-2,5-8,10-11H2. The van der Waals surface area contributed by atoms with Crippen LogP contribution >= 0.6 is 0 Å². The normalized spacial score (nSPS) is 21.3. The van der Waals surface area contributed by atoms with E-state index < -0.39 is 0 Å². The molecule has 1 aliphatic heterocycles. The van der Waals surface area contributed by atoms with Crippen molar-refractivity contribution >= 4 is 5.82 Å². The second kappa shape index (κ2) is 5.24. The number of hydrogen-bond donors (Lipinski definition) is 1. The van der Waals surface area contributed by atoms with Crippen LogP contribution in [0.1, 0.15) is 18.4 Å². The Hall–Kier alpha value is -1.13. The van der Waals surface area contributed by atoms with Crippen molar-refractivity contribution in [3.05, 3.63) is 23.9 Å². The van der Waals surface area contributed by atoms with Crippen LogP contribution in [0.15, 0.2) is 18.3 Å². The van der Waals surface area contributed by atoms with E-state index in [1.54, 1.807) is 6.20 Å². The van der Waals surface area contributed by atoms with Gasteiger partial charge in [0.2, 0.25) is 0 Å². The van der Waals surface area contributed by atoms with E-state index in [2.05, 4.69) is 14.8 Å². The molecular weight excluding hydrogens is 226 g/mol. The summed E-state index contributed by atoms with van der Waals surface area (Å²) >= 11 is 0.